The van der Waals surface area contributed by atoms with Crippen molar-refractivity contribution in [1.82, 2.24) is 51.5 Å². The molecular weight excluding hydrogens is 1580 g/mol. The highest BCUT2D eigenvalue weighted by molar-refractivity contribution is 5.97. The Labute approximate surface area is 714 Å². The van der Waals surface area contributed by atoms with Gasteiger partial charge in [0, 0.05) is 64.6 Å². The molecule has 0 bridgehead atoms. The fourth-order valence-corrected chi connectivity index (χ4v) is 15.1. The predicted octanol–water partition coefficient (Wildman–Crippen LogP) is 7.48. The molecule has 10 amide bonds. The van der Waals surface area contributed by atoms with E-state index in [1.807, 2.05) is 144 Å². The zero-order valence-corrected chi connectivity index (χ0v) is 72.8. The average molecular weight is 1710 g/mol. The van der Waals surface area contributed by atoms with Gasteiger partial charge in [0.1, 0.15) is 58.5 Å². The van der Waals surface area contributed by atoms with Gasteiger partial charge in [-0.25, -0.2) is 14.4 Å². The lowest BCUT2D eigenvalue weighted by Crippen LogP contribution is -2.63. The third-order valence-corrected chi connectivity index (χ3v) is 21.5. The number of carbonyl (C=O) groups is 13. The summed E-state index contributed by atoms with van der Waals surface area (Å²) < 4.78 is 52.0. The van der Waals surface area contributed by atoms with Crippen LogP contribution in [0.4, 0.5) is 22.8 Å². The van der Waals surface area contributed by atoms with Crippen molar-refractivity contribution in [3.8, 4) is 0 Å². The SMILES string of the molecule is COC(=O)C1(N)CCN(C(=O)[C@@H](CCCCN)NC(=O)[C@H](CC(C)C)NC(=O)[C@@H]2Cc3ccccc3CN2C(=O)[C@H](N)Cc2ccccc2)CC1.COC(=O)C1(NC(=O)OC(C)(C)C)CCN(C(=O)[C@@H](CCCCNC(=O)OC(C)(C)C)NC(=O)[C@H](CC(C)C)NC(=O)[C@@H]2Cc3ccccc3CN2C(=O)[C@H](C)Cc2ccccc2)CC1.O=CC(F)(F)F. The van der Waals surface area contributed by atoms with Gasteiger partial charge < -0.3 is 87.6 Å². The summed E-state index contributed by atoms with van der Waals surface area (Å²) >= 11 is 0. The van der Waals surface area contributed by atoms with E-state index in [2.05, 4.69) is 31.9 Å². The number of ether oxygens (including phenoxy) is 4. The Hall–Kier alpha value is -10.5. The zero-order valence-electron chi connectivity index (χ0n) is 72.8. The molecule has 0 aliphatic carbocycles. The fourth-order valence-electron chi connectivity index (χ4n) is 15.1. The van der Waals surface area contributed by atoms with E-state index in [1.165, 1.54) is 24.0 Å². The maximum Gasteiger partial charge on any atom is 0.446 e. The molecule has 0 unspecified atom stereocenters. The number of aldehydes is 1. The molecule has 8 atom stereocenters. The average Bonchev–Trinajstić information content (AvgIpc) is 0.794. The summed E-state index contributed by atoms with van der Waals surface area (Å²) in [4.78, 5) is 179. The first kappa shape index (κ1) is 100. The third-order valence-electron chi connectivity index (χ3n) is 21.5. The number of nitrogens with two attached hydrogens (primary N) is 3. The Morgan fingerprint density at radius 1 is 0.508 bits per heavy atom. The van der Waals surface area contributed by atoms with Crippen LogP contribution in [0.5, 0.6) is 0 Å². The third kappa shape index (κ3) is 31.4. The second kappa shape index (κ2) is 46.6. The molecule has 122 heavy (non-hydrogen) atoms. The Morgan fingerprint density at radius 3 is 1.31 bits per heavy atom. The smallest absolute Gasteiger partial charge is 0.446 e. The van der Waals surface area contributed by atoms with Crippen LogP contribution in [0.15, 0.2) is 109 Å². The lowest BCUT2D eigenvalue weighted by atomic mass is 9.87. The van der Waals surface area contributed by atoms with Crippen LogP contribution in [-0.2, 0) is 110 Å². The fraction of sp³-hybridized carbons (Fsp3) is 0.584. The molecular formula is C89H128F3N13O17. The molecule has 12 N–H and O–H groups in total. The standard InChI is InChI=1S/C49H72N6O10.C38H55N7O6.C2HF3O/c1-32(2)28-38(52-41(57)39-30-35-20-14-15-21-36(35)31-55(39)42(58)33(3)29-34-18-12-11-13-19-34)40(56)51-37(22-16-17-25-50-45(61)64-47(4,5)6)43(59)54-26-23-49(24-27-54,44(60)63-10)53-46(62)65-48(7,8)9;1-25(2)21-31(33(46)42-30(15-9-10-18-39)36(49)44-19-16-38(41,17-20-44)37(50)51-3)43-34(47)32-23-27-13-7-8-14-28(27)24-45(32)35(48)29(40)22-26-11-5-4-6-12-26;3-2(4,5)1-6/h11-15,18-21,32-33,37-39H,16-17,22-31H2,1-10H3,(H,50,61)(H,51,56)(H,52,57)(H,53,62);4-8,11-14,25,29-32H,9-10,15-24,39-41H2,1-3H3,(H,42,46)(H,43,47);1H/t33-,37-,38+,39+;29-,30-,31+,32+;/m11./s1. The number of esters is 2. The Kier molecular flexibility index (Phi) is 38.3. The lowest BCUT2D eigenvalue weighted by molar-refractivity contribution is -0.156. The molecule has 2 saturated heterocycles. The molecule has 4 heterocycles. The van der Waals surface area contributed by atoms with Crippen LogP contribution < -0.4 is 49.1 Å². The number of halogens is 3. The van der Waals surface area contributed by atoms with Gasteiger partial charge in [0.15, 0.2) is 0 Å². The van der Waals surface area contributed by atoms with E-state index in [9.17, 15) is 70.7 Å². The van der Waals surface area contributed by atoms with Gasteiger partial charge in [0.2, 0.25) is 53.5 Å². The number of nitrogens with one attached hydrogen (secondary N) is 6. The largest absolute Gasteiger partial charge is 0.468 e. The van der Waals surface area contributed by atoms with Crippen LogP contribution in [0.3, 0.4) is 0 Å². The maximum atomic E-state index is 14.5. The number of benzene rings is 4. The number of amides is 10. The highest BCUT2D eigenvalue weighted by atomic mass is 19.4. The van der Waals surface area contributed by atoms with Crippen molar-refractivity contribution in [1.29, 1.82) is 0 Å². The van der Waals surface area contributed by atoms with E-state index in [-0.39, 0.29) is 127 Å². The summed E-state index contributed by atoms with van der Waals surface area (Å²) in [5, 5.41) is 17.2. The van der Waals surface area contributed by atoms with Crippen molar-refractivity contribution in [2.45, 2.75) is 263 Å². The number of methoxy groups -OCH3 is 2. The van der Waals surface area contributed by atoms with Gasteiger partial charge in [-0.05, 0) is 183 Å². The van der Waals surface area contributed by atoms with E-state index in [4.69, 9.17) is 40.9 Å². The van der Waals surface area contributed by atoms with E-state index in [0.29, 0.717) is 57.9 Å². The zero-order chi connectivity index (χ0) is 90.5. The van der Waals surface area contributed by atoms with Gasteiger partial charge in [-0.2, -0.15) is 13.2 Å². The van der Waals surface area contributed by atoms with Gasteiger partial charge >= 0.3 is 30.3 Å². The summed E-state index contributed by atoms with van der Waals surface area (Å²) in [5.74, 6) is -4.81. The van der Waals surface area contributed by atoms with Crippen LogP contribution in [0, 0.1) is 17.8 Å². The van der Waals surface area contributed by atoms with Gasteiger partial charge in [-0.15, -0.1) is 0 Å². The van der Waals surface area contributed by atoms with E-state index < -0.39 is 137 Å². The number of nitrogens with zero attached hydrogens (tertiary/aromatic N) is 4. The number of fused-ring (bicyclic) bond motifs is 2. The van der Waals surface area contributed by atoms with Crippen LogP contribution >= 0.6 is 0 Å². The Bertz CT molecular complexity index is 4160. The number of carbonyl (C=O) groups excluding carboxylic acids is 13. The molecule has 0 radical (unpaired) electrons. The minimum absolute atomic E-state index is 0.0228. The molecule has 8 rings (SSSR count). The Morgan fingerprint density at radius 2 is 0.902 bits per heavy atom. The monoisotopic (exact) mass is 1710 g/mol. The molecule has 0 spiro atoms. The molecule has 4 aliphatic heterocycles. The number of piperidine rings is 2. The quantitative estimate of drug-likeness (QED) is 0.00989. The number of alkyl halides is 3. The summed E-state index contributed by atoms with van der Waals surface area (Å²) in [7, 11) is 2.51. The number of alkyl carbamates (subject to hydrolysis) is 2. The second-order valence-corrected chi connectivity index (χ2v) is 34.7. The number of hydrogen-bond donors (Lipinski definition) is 9. The first-order valence-corrected chi connectivity index (χ1v) is 42.0. The molecule has 33 heteroatoms. The van der Waals surface area contributed by atoms with Crippen molar-refractivity contribution in [2.24, 2.45) is 35.0 Å². The summed E-state index contributed by atoms with van der Waals surface area (Å²) in [5.41, 5.74) is 20.0. The summed E-state index contributed by atoms with van der Waals surface area (Å²) in [6.07, 6.45) is -1.92. The number of rotatable bonds is 32. The molecule has 0 saturated carbocycles. The molecule has 30 nitrogen and oxygen atoms in total. The Balaban J connectivity index is 0.000000362. The van der Waals surface area contributed by atoms with E-state index in [0.717, 1.165) is 33.4 Å². The van der Waals surface area contributed by atoms with Crippen LogP contribution in [-0.4, -0.2) is 222 Å². The summed E-state index contributed by atoms with van der Waals surface area (Å²) in [6.45, 7) is 21.8. The molecule has 0 aromatic heterocycles. The maximum absolute atomic E-state index is 14.5. The molecule has 2 fully saturated rings. The topological polar surface area (TPSA) is 422 Å². The number of hydrogen-bond acceptors (Lipinski definition) is 20. The van der Waals surface area contributed by atoms with Crippen molar-refractivity contribution in [2.75, 3.05) is 53.5 Å². The van der Waals surface area contributed by atoms with Gasteiger partial charge in [0.05, 0.1) is 20.3 Å². The molecule has 4 aromatic rings. The van der Waals surface area contributed by atoms with Crippen molar-refractivity contribution >= 4 is 77.7 Å². The first-order valence-electron chi connectivity index (χ1n) is 42.0. The normalized spacial score (nSPS) is 17.6. The van der Waals surface area contributed by atoms with Crippen LogP contribution in [0.25, 0.3) is 0 Å². The van der Waals surface area contributed by atoms with Crippen LogP contribution in [0.1, 0.15) is 187 Å². The summed E-state index contributed by atoms with van der Waals surface area (Å²) in [6, 6.07) is 28.0. The minimum Gasteiger partial charge on any atom is -0.468 e. The lowest BCUT2D eigenvalue weighted by Gasteiger charge is -2.41. The molecule has 4 aromatic carbocycles. The highest BCUT2D eigenvalue weighted by Gasteiger charge is 2.48. The highest BCUT2D eigenvalue weighted by Crippen LogP contribution is 2.31. The molecule has 4 aliphatic rings. The van der Waals surface area contributed by atoms with E-state index in [1.54, 1.807) is 51.3 Å². The predicted molar refractivity (Wildman–Crippen MR) is 451 cm³/mol. The van der Waals surface area contributed by atoms with Gasteiger partial charge in [0.25, 0.3) is 0 Å². The number of likely N-dealkylation sites (tertiary alicyclic amines) is 2. The van der Waals surface area contributed by atoms with Gasteiger partial charge in [-0.1, -0.05) is 144 Å². The molecule has 672 valence electrons. The van der Waals surface area contributed by atoms with E-state index >= 15 is 0 Å². The first-order chi connectivity index (χ1) is 57.4. The van der Waals surface area contributed by atoms with Gasteiger partial charge in [-0.3, -0.25) is 47.9 Å². The van der Waals surface area contributed by atoms with Crippen molar-refractivity contribution < 1.29 is 94.4 Å². The minimum atomic E-state index is -4.64. The van der Waals surface area contributed by atoms with Crippen molar-refractivity contribution in [3.05, 3.63) is 143 Å². The second-order valence-electron chi connectivity index (χ2n) is 34.7. The number of unbranched alkanes of at least 4 members (excludes halogenated alkanes) is 2. The van der Waals surface area contributed by atoms with Crippen molar-refractivity contribution in [3.63, 3.8) is 0 Å². The van der Waals surface area contributed by atoms with Crippen LogP contribution in [0.2, 0.25) is 0 Å².